The molecule has 0 saturated carbocycles. The fourth-order valence-corrected chi connectivity index (χ4v) is 1.99. The van der Waals surface area contributed by atoms with Crippen molar-refractivity contribution in [2.45, 2.75) is 6.92 Å². The highest BCUT2D eigenvalue weighted by Crippen LogP contribution is 2.30. The van der Waals surface area contributed by atoms with E-state index in [9.17, 15) is 0 Å². The number of hydrogen-bond acceptors (Lipinski definition) is 2. The highest BCUT2D eigenvalue weighted by Gasteiger charge is 2.05. The third-order valence-electron chi connectivity index (χ3n) is 2.24. The van der Waals surface area contributed by atoms with E-state index in [1.807, 2.05) is 25.1 Å². The van der Waals surface area contributed by atoms with Crippen LogP contribution in [0.3, 0.4) is 0 Å². The van der Waals surface area contributed by atoms with E-state index >= 15 is 0 Å². The van der Waals surface area contributed by atoms with Gasteiger partial charge < -0.3 is 5.32 Å². The van der Waals surface area contributed by atoms with Crippen molar-refractivity contribution in [1.82, 2.24) is 4.98 Å². The van der Waals surface area contributed by atoms with Crippen molar-refractivity contribution in [2.75, 3.05) is 5.32 Å². The number of benzene rings is 1. The molecular weight excluding hydrogens is 323 g/mol. The van der Waals surface area contributed by atoms with E-state index in [0.29, 0.717) is 10.0 Å². The van der Waals surface area contributed by atoms with Gasteiger partial charge in [-0.3, -0.25) is 0 Å². The molecule has 0 atom stereocenters. The van der Waals surface area contributed by atoms with E-state index < -0.39 is 0 Å². The molecule has 0 bridgehead atoms. The van der Waals surface area contributed by atoms with Gasteiger partial charge in [0.05, 0.1) is 10.7 Å². The molecule has 1 aromatic carbocycles. The maximum Gasteiger partial charge on any atom is 0.130 e. The summed E-state index contributed by atoms with van der Waals surface area (Å²) < 4.78 is 0.927. The molecule has 2 aromatic rings. The monoisotopic (exact) mass is 330 g/mol. The number of nitrogens with zero attached hydrogens (tertiary/aromatic N) is 1. The molecule has 1 heterocycles. The molecule has 2 rings (SSSR count). The van der Waals surface area contributed by atoms with Crippen LogP contribution in [0.15, 0.2) is 34.9 Å². The van der Waals surface area contributed by atoms with Crippen molar-refractivity contribution in [3.63, 3.8) is 0 Å². The first-order valence-electron chi connectivity index (χ1n) is 4.90. The van der Waals surface area contributed by atoms with Crippen molar-refractivity contribution in [3.05, 3.63) is 50.5 Å². The lowest BCUT2D eigenvalue weighted by Gasteiger charge is -2.09. The zero-order valence-corrected chi connectivity index (χ0v) is 12.1. The summed E-state index contributed by atoms with van der Waals surface area (Å²) in [7, 11) is 0. The van der Waals surface area contributed by atoms with E-state index in [1.165, 1.54) is 0 Å². The maximum absolute atomic E-state index is 6.12. The van der Waals surface area contributed by atoms with Crippen molar-refractivity contribution in [3.8, 4) is 0 Å². The first kappa shape index (κ1) is 12.7. The van der Waals surface area contributed by atoms with Gasteiger partial charge in [0.15, 0.2) is 0 Å². The Morgan fingerprint density at radius 2 is 1.94 bits per heavy atom. The summed E-state index contributed by atoms with van der Waals surface area (Å²) in [5, 5.41) is 4.42. The number of anilines is 2. The number of hydrogen-bond donors (Lipinski definition) is 1. The first-order chi connectivity index (χ1) is 8.06. The molecule has 1 aromatic heterocycles. The van der Waals surface area contributed by atoms with Crippen molar-refractivity contribution in [2.24, 2.45) is 0 Å². The SMILES string of the molecule is Cc1cc(Cl)c(Nc2ccc(Br)cn2)cc1Cl. The molecule has 0 spiro atoms. The van der Waals surface area contributed by atoms with Crippen LogP contribution in [-0.2, 0) is 0 Å². The van der Waals surface area contributed by atoms with Crippen LogP contribution in [0.2, 0.25) is 10.0 Å². The molecule has 1 N–H and O–H groups in total. The van der Waals surface area contributed by atoms with E-state index in [4.69, 9.17) is 23.2 Å². The topological polar surface area (TPSA) is 24.9 Å². The molecule has 17 heavy (non-hydrogen) atoms. The Morgan fingerprint density at radius 3 is 2.59 bits per heavy atom. The van der Waals surface area contributed by atoms with Crippen LogP contribution in [0, 0.1) is 6.92 Å². The van der Waals surface area contributed by atoms with Gasteiger partial charge in [-0.15, -0.1) is 0 Å². The van der Waals surface area contributed by atoms with Gasteiger partial charge >= 0.3 is 0 Å². The zero-order chi connectivity index (χ0) is 12.4. The second kappa shape index (κ2) is 5.25. The number of aryl methyl sites for hydroxylation is 1. The van der Waals surface area contributed by atoms with Crippen LogP contribution in [0.1, 0.15) is 5.56 Å². The van der Waals surface area contributed by atoms with Crippen molar-refractivity contribution < 1.29 is 0 Å². The average molecular weight is 332 g/mol. The van der Waals surface area contributed by atoms with Gasteiger partial charge in [0, 0.05) is 15.7 Å². The van der Waals surface area contributed by atoms with E-state index in [2.05, 4.69) is 26.2 Å². The molecule has 5 heteroatoms. The summed E-state index contributed by atoms with van der Waals surface area (Å²) in [6, 6.07) is 7.38. The smallest absolute Gasteiger partial charge is 0.130 e. The van der Waals surface area contributed by atoms with Gasteiger partial charge in [0.1, 0.15) is 5.82 Å². The molecular formula is C12H9BrCl2N2. The quantitative estimate of drug-likeness (QED) is 0.817. The summed E-state index contributed by atoms with van der Waals surface area (Å²) in [4.78, 5) is 4.21. The van der Waals surface area contributed by atoms with Crippen molar-refractivity contribution >= 4 is 50.6 Å². The van der Waals surface area contributed by atoms with Crippen LogP contribution in [0.5, 0.6) is 0 Å². The van der Waals surface area contributed by atoms with Crippen molar-refractivity contribution in [1.29, 1.82) is 0 Å². The summed E-state index contributed by atoms with van der Waals surface area (Å²) in [5.74, 6) is 0.718. The van der Waals surface area contributed by atoms with E-state index in [1.54, 1.807) is 12.3 Å². The molecule has 0 fully saturated rings. The predicted octanol–water partition coefficient (Wildman–Crippen LogP) is 5.20. The highest BCUT2D eigenvalue weighted by atomic mass is 79.9. The Balaban J connectivity index is 2.30. The summed E-state index contributed by atoms with van der Waals surface area (Å²) >= 11 is 15.5. The third kappa shape index (κ3) is 3.12. The molecule has 0 radical (unpaired) electrons. The molecule has 88 valence electrons. The zero-order valence-electron chi connectivity index (χ0n) is 8.97. The molecule has 0 saturated heterocycles. The molecule has 0 aliphatic rings. The number of nitrogens with one attached hydrogen (secondary N) is 1. The summed E-state index contributed by atoms with van der Waals surface area (Å²) in [6.07, 6.45) is 1.71. The number of aromatic nitrogens is 1. The summed E-state index contributed by atoms with van der Waals surface area (Å²) in [6.45, 7) is 1.91. The molecule has 0 aliphatic heterocycles. The standard InChI is InChI=1S/C12H9BrCl2N2/c1-7-4-10(15)11(5-9(7)14)17-12-3-2-8(13)6-16-12/h2-6H,1H3,(H,16,17). The third-order valence-corrected chi connectivity index (χ3v) is 3.43. The van der Waals surface area contributed by atoms with Gasteiger partial charge in [-0.05, 0) is 52.7 Å². The minimum absolute atomic E-state index is 0.622. The minimum atomic E-state index is 0.622. The van der Waals surface area contributed by atoms with Crippen LogP contribution in [0.25, 0.3) is 0 Å². The fourth-order valence-electron chi connectivity index (χ4n) is 1.33. The Labute approximate surface area is 118 Å². The fraction of sp³-hybridized carbons (Fsp3) is 0.0833. The number of halogens is 3. The lowest BCUT2D eigenvalue weighted by molar-refractivity contribution is 1.29. The van der Waals surface area contributed by atoms with Gasteiger partial charge in [0.2, 0.25) is 0 Å². The maximum atomic E-state index is 6.12. The Kier molecular flexibility index (Phi) is 3.92. The Bertz CT molecular complexity index is 541. The van der Waals surface area contributed by atoms with E-state index in [-0.39, 0.29) is 0 Å². The Morgan fingerprint density at radius 1 is 1.18 bits per heavy atom. The molecule has 0 aliphatic carbocycles. The average Bonchev–Trinajstić information content (AvgIpc) is 2.29. The molecule has 2 nitrogen and oxygen atoms in total. The largest absolute Gasteiger partial charge is 0.339 e. The number of pyridine rings is 1. The Hall–Kier alpha value is -0.770. The van der Waals surface area contributed by atoms with Crippen LogP contribution >= 0.6 is 39.1 Å². The second-order valence-electron chi connectivity index (χ2n) is 3.57. The van der Waals surface area contributed by atoms with Gasteiger partial charge in [0.25, 0.3) is 0 Å². The van der Waals surface area contributed by atoms with Crippen LogP contribution in [0.4, 0.5) is 11.5 Å². The lowest BCUT2D eigenvalue weighted by atomic mass is 10.2. The molecule has 0 unspecified atom stereocenters. The van der Waals surface area contributed by atoms with Crippen LogP contribution < -0.4 is 5.32 Å². The lowest BCUT2D eigenvalue weighted by Crippen LogP contribution is -1.94. The predicted molar refractivity (Wildman–Crippen MR) is 76.4 cm³/mol. The van der Waals surface area contributed by atoms with Gasteiger partial charge in [-0.1, -0.05) is 23.2 Å². The number of rotatable bonds is 2. The normalized spacial score (nSPS) is 10.4. The van der Waals surface area contributed by atoms with Crippen LogP contribution in [-0.4, -0.2) is 4.98 Å². The molecule has 0 amide bonds. The highest BCUT2D eigenvalue weighted by molar-refractivity contribution is 9.10. The van der Waals surface area contributed by atoms with E-state index in [0.717, 1.165) is 21.5 Å². The van der Waals surface area contributed by atoms with Gasteiger partial charge in [-0.2, -0.15) is 0 Å². The van der Waals surface area contributed by atoms with Gasteiger partial charge in [-0.25, -0.2) is 4.98 Å². The summed E-state index contributed by atoms with van der Waals surface area (Å²) in [5.41, 5.74) is 1.70. The first-order valence-corrected chi connectivity index (χ1v) is 6.45. The second-order valence-corrected chi connectivity index (χ2v) is 5.30. The minimum Gasteiger partial charge on any atom is -0.339 e.